The number of amides is 1. The quantitative estimate of drug-likeness (QED) is 0.820. The minimum Gasteiger partial charge on any atom is -0.459 e. The van der Waals surface area contributed by atoms with Crippen molar-refractivity contribution in [3.8, 4) is 6.07 Å². The molecule has 146 valence electrons. The van der Waals surface area contributed by atoms with E-state index in [9.17, 15) is 4.79 Å². The van der Waals surface area contributed by atoms with Gasteiger partial charge in [0.25, 0.3) is 0 Å². The fourth-order valence-electron chi connectivity index (χ4n) is 4.74. The molecular weight excluding hydrogens is 352 g/mol. The van der Waals surface area contributed by atoms with Crippen LogP contribution in [0.2, 0.25) is 0 Å². The van der Waals surface area contributed by atoms with Gasteiger partial charge in [-0.05, 0) is 37.5 Å². The van der Waals surface area contributed by atoms with E-state index in [1.807, 2.05) is 23.1 Å². The molecule has 6 nitrogen and oxygen atoms in total. The molecule has 0 spiro atoms. The number of piperazine rings is 1. The first kappa shape index (κ1) is 17.7. The summed E-state index contributed by atoms with van der Waals surface area (Å²) >= 11 is 0. The maximum Gasteiger partial charge on any atom is 0.236 e. The first-order valence-electron chi connectivity index (χ1n) is 10.4. The molecule has 1 saturated carbocycles. The van der Waals surface area contributed by atoms with E-state index in [-0.39, 0.29) is 5.91 Å². The highest BCUT2D eigenvalue weighted by atomic mass is 16.3. The van der Waals surface area contributed by atoms with Gasteiger partial charge in [0.15, 0.2) is 0 Å². The zero-order valence-corrected chi connectivity index (χ0v) is 16.2. The van der Waals surface area contributed by atoms with Gasteiger partial charge in [0.05, 0.1) is 24.7 Å². The highest BCUT2D eigenvalue weighted by Crippen LogP contribution is 2.31. The van der Waals surface area contributed by atoms with E-state index in [1.54, 1.807) is 0 Å². The summed E-state index contributed by atoms with van der Waals surface area (Å²) in [5, 5.41) is 10.2. The van der Waals surface area contributed by atoms with Gasteiger partial charge < -0.3 is 9.32 Å². The van der Waals surface area contributed by atoms with E-state index in [0.717, 1.165) is 61.9 Å². The number of carbonyl (C=O) groups is 1. The van der Waals surface area contributed by atoms with Crippen LogP contribution in [0.5, 0.6) is 0 Å². The largest absolute Gasteiger partial charge is 0.459 e. The van der Waals surface area contributed by atoms with E-state index in [2.05, 4.69) is 15.9 Å². The Morgan fingerprint density at radius 3 is 2.71 bits per heavy atom. The summed E-state index contributed by atoms with van der Waals surface area (Å²) < 4.78 is 6.03. The van der Waals surface area contributed by atoms with Crippen molar-refractivity contribution in [1.82, 2.24) is 14.7 Å². The van der Waals surface area contributed by atoms with E-state index >= 15 is 0 Å². The van der Waals surface area contributed by atoms with Gasteiger partial charge >= 0.3 is 0 Å². The van der Waals surface area contributed by atoms with Crippen molar-refractivity contribution < 1.29 is 9.21 Å². The van der Waals surface area contributed by atoms with Crippen LogP contribution in [-0.2, 0) is 17.8 Å². The van der Waals surface area contributed by atoms with Crippen LogP contribution in [0.4, 0.5) is 0 Å². The van der Waals surface area contributed by atoms with Crippen LogP contribution in [-0.4, -0.2) is 65.9 Å². The Balaban J connectivity index is 1.20. The van der Waals surface area contributed by atoms with Gasteiger partial charge in [0.2, 0.25) is 5.91 Å². The van der Waals surface area contributed by atoms with Crippen LogP contribution in [0.1, 0.15) is 36.1 Å². The molecule has 2 aliphatic heterocycles. The van der Waals surface area contributed by atoms with Gasteiger partial charge in [-0.2, -0.15) is 5.26 Å². The van der Waals surface area contributed by atoms with Gasteiger partial charge in [-0.1, -0.05) is 6.42 Å². The van der Waals surface area contributed by atoms with E-state index < -0.39 is 0 Å². The third-order valence-corrected chi connectivity index (χ3v) is 6.67. The van der Waals surface area contributed by atoms with Crippen molar-refractivity contribution in [2.45, 2.75) is 38.3 Å². The molecule has 2 fully saturated rings. The highest BCUT2D eigenvalue weighted by molar-refractivity contribution is 5.84. The van der Waals surface area contributed by atoms with Crippen molar-refractivity contribution in [3.05, 3.63) is 35.1 Å². The minimum absolute atomic E-state index is 0.236. The number of furan rings is 1. The van der Waals surface area contributed by atoms with Gasteiger partial charge in [-0.3, -0.25) is 14.6 Å². The van der Waals surface area contributed by atoms with Crippen molar-refractivity contribution in [2.24, 2.45) is 0 Å². The van der Waals surface area contributed by atoms with Crippen LogP contribution in [0.15, 0.2) is 22.6 Å². The Labute approximate surface area is 165 Å². The SMILES string of the molecule is N#Cc1ccc2c3c(oc2c1)CN(CC(=O)N1CCN(C2CCC2)CC1)CC3. The summed E-state index contributed by atoms with van der Waals surface area (Å²) in [5.41, 5.74) is 2.63. The summed E-state index contributed by atoms with van der Waals surface area (Å²) in [5.74, 6) is 1.18. The van der Waals surface area contributed by atoms with Crippen LogP contribution in [0, 0.1) is 11.3 Å². The monoisotopic (exact) mass is 378 g/mol. The fraction of sp³-hybridized carbons (Fsp3) is 0.545. The molecule has 1 aromatic carbocycles. The molecule has 0 atom stereocenters. The minimum atomic E-state index is 0.236. The van der Waals surface area contributed by atoms with E-state index in [1.165, 1.54) is 24.8 Å². The number of hydrogen-bond acceptors (Lipinski definition) is 5. The molecular formula is C22H26N4O2. The zero-order chi connectivity index (χ0) is 19.1. The lowest BCUT2D eigenvalue weighted by molar-refractivity contribution is -0.135. The molecule has 28 heavy (non-hydrogen) atoms. The average Bonchev–Trinajstić information content (AvgIpc) is 3.03. The lowest BCUT2D eigenvalue weighted by atomic mass is 9.91. The van der Waals surface area contributed by atoms with E-state index in [4.69, 9.17) is 9.68 Å². The molecule has 1 amide bonds. The Bertz CT molecular complexity index is 932. The van der Waals surface area contributed by atoms with Crippen molar-refractivity contribution in [2.75, 3.05) is 39.3 Å². The molecule has 3 heterocycles. The van der Waals surface area contributed by atoms with Crippen molar-refractivity contribution in [1.29, 1.82) is 5.26 Å². The molecule has 3 aliphatic rings. The molecule has 1 aromatic heterocycles. The number of nitriles is 1. The van der Waals surface area contributed by atoms with Crippen LogP contribution in [0.3, 0.4) is 0 Å². The Morgan fingerprint density at radius 1 is 1.18 bits per heavy atom. The predicted octanol–water partition coefficient (Wildman–Crippen LogP) is 2.36. The number of carbonyl (C=O) groups excluding carboxylic acids is 1. The second kappa shape index (κ2) is 7.23. The normalized spacial score (nSPS) is 21.3. The fourth-order valence-corrected chi connectivity index (χ4v) is 4.74. The first-order chi connectivity index (χ1) is 13.7. The average molecular weight is 378 g/mol. The Morgan fingerprint density at radius 2 is 2.00 bits per heavy atom. The molecule has 1 aliphatic carbocycles. The van der Waals surface area contributed by atoms with Crippen LogP contribution in [0.25, 0.3) is 11.0 Å². The Kier molecular flexibility index (Phi) is 4.58. The molecule has 0 bridgehead atoms. The maximum absolute atomic E-state index is 12.8. The zero-order valence-electron chi connectivity index (χ0n) is 16.2. The summed E-state index contributed by atoms with van der Waals surface area (Å²) in [6, 6.07) is 8.57. The van der Waals surface area contributed by atoms with Crippen molar-refractivity contribution >= 4 is 16.9 Å². The summed E-state index contributed by atoms with van der Waals surface area (Å²) in [7, 11) is 0. The summed E-state index contributed by atoms with van der Waals surface area (Å²) in [6.07, 6.45) is 4.91. The van der Waals surface area contributed by atoms with Gasteiger partial charge in [0, 0.05) is 49.7 Å². The third-order valence-electron chi connectivity index (χ3n) is 6.67. The van der Waals surface area contributed by atoms with Gasteiger partial charge in [-0.25, -0.2) is 0 Å². The Hall–Kier alpha value is -2.36. The van der Waals surface area contributed by atoms with Crippen molar-refractivity contribution in [3.63, 3.8) is 0 Å². The topological polar surface area (TPSA) is 63.7 Å². The first-order valence-corrected chi connectivity index (χ1v) is 10.4. The maximum atomic E-state index is 12.8. The number of rotatable bonds is 3. The predicted molar refractivity (Wildman–Crippen MR) is 106 cm³/mol. The summed E-state index contributed by atoms with van der Waals surface area (Å²) in [4.78, 5) is 19.6. The number of fused-ring (bicyclic) bond motifs is 3. The number of benzene rings is 1. The molecule has 1 saturated heterocycles. The summed E-state index contributed by atoms with van der Waals surface area (Å²) in [6.45, 7) is 5.75. The van der Waals surface area contributed by atoms with E-state index in [0.29, 0.717) is 18.7 Å². The van der Waals surface area contributed by atoms with Crippen LogP contribution < -0.4 is 0 Å². The molecule has 0 radical (unpaired) electrons. The van der Waals surface area contributed by atoms with Gasteiger partial charge in [0.1, 0.15) is 11.3 Å². The third kappa shape index (κ3) is 3.19. The highest BCUT2D eigenvalue weighted by Gasteiger charge is 2.30. The standard InChI is InChI=1S/C22H26N4O2/c23-13-16-4-5-18-19-6-7-24(14-21(19)28-20(18)12-16)15-22(27)26-10-8-25(9-11-26)17-2-1-3-17/h4-5,12,17H,1-3,6-11,14-15H2. The second-order valence-electron chi connectivity index (χ2n) is 8.29. The molecule has 6 heteroatoms. The lowest BCUT2D eigenvalue weighted by Crippen LogP contribution is -2.55. The molecule has 5 rings (SSSR count). The second-order valence-corrected chi connectivity index (χ2v) is 8.29. The lowest BCUT2D eigenvalue weighted by Gasteiger charge is -2.43. The number of hydrogen-bond donors (Lipinski definition) is 0. The molecule has 0 N–H and O–H groups in total. The number of nitrogens with zero attached hydrogens (tertiary/aromatic N) is 4. The van der Waals surface area contributed by atoms with Gasteiger partial charge in [-0.15, -0.1) is 0 Å². The smallest absolute Gasteiger partial charge is 0.236 e. The van der Waals surface area contributed by atoms with Crippen LogP contribution >= 0.6 is 0 Å². The molecule has 0 unspecified atom stereocenters. The molecule has 2 aromatic rings.